The monoisotopic (exact) mass is 455 g/mol. The Morgan fingerprint density at radius 2 is 1.71 bits per heavy atom. The van der Waals surface area contributed by atoms with Crippen molar-refractivity contribution in [1.82, 2.24) is 14.9 Å². The molecule has 1 aliphatic rings. The topological polar surface area (TPSA) is 82.5 Å². The summed E-state index contributed by atoms with van der Waals surface area (Å²) in [5, 5.41) is 2.91. The molecule has 0 radical (unpaired) electrons. The highest BCUT2D eigenvalue weighted by Crippen LogP contribution is 2.32. The third kappa shape index (κ3) is 4.78. The third-order valence-electron chi connectivity index (χ3n) is 5.90. The lowest BCUT2D eigenvalue weighted by Crippen LogP contribution is -2.29. The standard InChI is InChI=1S/C27H25N3O4/c31-26(28-17-20-10-12-24-25(16-20)34-18-33-24)13-11-22-27(32)30(15-14-19-6-2-1-3-7-19)23-9-5-4-8-21(23)29-22/h1-10,12,16H,11,13-15,17-18H2,(H,28,31). The maximum atomic E-state index is 13.2. The zero-order valence-electron chi connectivity index (χ0n) is 18.7. The third-order valence-corrected chi connectivity index (χ3v) is 5.90. The van der Waals surface area contributed by atoms with Gasteiger partial charge in [0, 0.05) is 25.9 Å². The maximum absolute atomic E-state index is 13.2. The molecular weight excluding hydrogens is 430 g/mol. The van der Waals surface area contributed by atoms with Gasteiger partial charge in [0.1, 0.15) is 5.69 Å². The van der Waals surface area contributed by atoms with Gasteiger partial charge in [-0.15, -0.1) is 0 Å². The zero-order chi connectivity index (χ0) is 23.3. The number of fused-ring (bicyclic) bond motifs is 2. The van der Waals surface area contributed by atoms with Crippen LogP contribution in [0.4, 0.5) is 0 Å². The lowest BCUT2D eigenvalue weighted by molar-refractivity contribution is -0.121. The first kappa shape index (κ1) is 21.7. The summed E-state index contributed by atoms with van der Waals surface area (Å²) >= 11 is 0. The zero-order valence-corrected chi connectivity index (χ0v) is 18.7. The van der Waals surface area contributed by atoms with Crippen LogP contribution >= 0.6 is 0 Å². The van der Waals surface area contributed by atoms with Crippen LogP contribution in [0.1, 0.15) is 23.2 Å². The van der Waals surface area contributed by atoms with Crippen molar-refractivity contribution in [2.75, 3.05) is 6.79 Å². The van der Waals surface area contributed by atoms with Crippen LogP contribution in [-0.4, -0.2) is 22.3 Å². The van der Waals surface area contributed by atoms with Gasteiger partial charge in [-0.3, -0.25) is 9.59 Å². The molecule has 0 spiro atoms. The van der Waals surface area contributed by atoms with E-state index in [1.165, 1.54) is 5.56 Å². The highest BCUT2D eigenvalue weighted by molar-refractivity contribution is 5.77. The molecule has 4 aromatic rings. The number of para-hydroxylation sites is 2. The average Bonchev–Trinajstić information content (AvgIpc) is 3.34. The van der Waals surface area contributed by atoms with Gasteiger partial charge in [-0.25, -0.2) is 4.98 Å². The van der Waals surface area contributed by atoms with Gasteiger partial charge in [0.05, 0.1) is 11.0 Å². The molecule has 1 amide bonds. The molecule has 1 N–H and O–H groups in total. The fourth-order valence-electron chi connectivity index (χ4n) is 4.09. The number of aromatic nitrogens is 2. The van der Waals surface area contributed by atoms with Gasteiger partial charge < -0.3 is 19.4 Å². The first-order valence-electron chi connectivity index (χ1n) is 11.3. The van der Waals surface area contributed by atoms with E-state index in [-0.39, 0.29) is 31.1 Å². The molecule has 5 rings (SSSR count). The summed E-state index contributed by atoms with van der Waals surface area (Å²) in [6.45, 7) is 1.14. The normalized spacial score (nSPS) is 12.1. The molecule has 1 aliphatic heterocycles. The minimum Gasteiger partial charge on any atom is -0.454 e. The Labute approximate surface area is 197 Å². The lowest BCUT2D eigenvalue weighted by atomic mass is 10.1. The number of ether oxygens (including phenoxy) is 2. The van der Waals surface area contributed by atoms with Crippen molar-refractivity contribution in [3.63, 3.8) is 0 Å². The summed E-state index contributed by atoms with van der Waals surface area (Å²) in [5.41, 5.74) is 3.91. The Morgan fingerprint density at radius 1 is 0.912 bits per heavy atom. The molecular formula is C27H25N3O4. The first-order valence-corrected chi connectivity index (χ1v) is 11.3. The van der Waals surface area contributed by atoms with Gasteiger partial charge in [0.25, 0.3) is 5.56 Å². The van der Waals surface area contributed by atoms with Crippen molar-refractivity contribution < 1.29 is 14.3 Å². The predicted molar refractivity (Wildman–Crippen MR) is 129 cm³/mol. The predicted octanol–water partition coefficient (Wildman–Crippen LogP) is 3.62. The van der Waals surface area contributed by atoms with Crippen molar-refractivity contribution in [2.45, 2.75) is 32.4 Å². The highest BCUT2D eigenvalue weighted by Gasteiger charge is 2.15. The second-order valence-corrected chi connectivity index (χ2v) is 8.20. The largest absolute Gasteiger partial charge is 0.454 e. The molecule has 0 atom stereocenters. The van der Waals surface area contributed by atoms with E-state index in [9.17, 15) is 9.59 Å². The number of hydrogen-bond donors (Lipinski definition) is 1. The van der Waals surface area contributed by atoms with Crippen molar-refractivity contribution in [2.24, 2.45) is 0 Å². The molecule has 0 saturated heterocycles. The number of benzene rings is 3. The van der Waals surface area contributed by atoms with Crippen LogP contribution in [0.2, 0.25) is 0 Å². The second kappa shape index (κ2) is 9.79. The lowest BCUT2D eigenvalue weighted by Gasteiger charge is -2.12. The molecule has 7 heteroatoms. The molecule has 1 aromatic heterocycles. The van der Waals surface area contributed by atoms with Crippen molar-refractivity contribution in [3.05, 3.63) is 100.0 Å². The van der Waals surface area contributed by atoms with E-state index in [2.05, 4.69) is 22.4 Å². The van der Waals surface area contributed by atoms with Gasteiger partial charge in [-0.2, -0.15) is 0 Å². The number of rotatable bonds is 8. The smallest absolute Gasteiger partial charge is 0.272 e. The molecule has 0 saturated carbocycles. The van der Waals surface area contributed by atoms with Crippen molar-refractivity contribution in [3.8, 4) is 11.5 Å². The van der Waals surface area contributed by atoms with Crippen LogP contribution in [0.5, 0.6) is 11.5 Å². The summed E-state index contributed by atoms with van der Waals surface area (Å²) in [6.07, 6.45) is 1.20. The fourth-order valence-corrected chi connectivity index (χ4v) is 4.09. The van der Waals surface area contributed by atoms with Crippen LogP contribution in [0.3, 0.4) is 0 Å². The van der Waals surface area contributed by atoms with Crippen molar-refractivity contribution >= 4 is 16.9 Å². The Hall–Kier alpha value is -4.13. The van der Waals surface area contributed by atoms with E-state index in [0.717, 1.165) is 23.0 Å². The highest BCUT2D eigenvalue weighted by atomic mass is 16.7. The molecule has 0 aliphatic carbocycles. The quantitative estimate of drug-likeness (QED) is 0.439. The van der Waals surface area contributed by atoms with Crippen LogP contribution < -0.4 is 20.3 Å². The summed E-state index contributed by atoms with van der Waals surface area (Å²) in [4.78, 5) is 30.3. The summed E-state index contributed by atoms with van der Waals surface area (Å²) in [6, 6.07) is 23.3. The number of nitrogens with zero attached hydrogens (tertiary/aromatic N) is 2. The van der Waals surface area contributed by atoms with E-state index in [1.807, 2.05) is 60.7 Å². The van der Waals surface area contributed by atoms with Gasteiger partial charge in [-0.1, -0.05) is 48.5 Å². The molecule has 7 nitrogen and oxygen atoms in total. The number of nitrogens with one attached hydrogen (secondary N) is 1. The fraction of sp³-hybridized carbons (Fsp3) is 0.222. The number of carbonyl (C=O) groups excluding carboxylic acids is 1. The van der Waals surface area contributed by atoms with Crippen LogP contribution in [0.25, 0.3) is 11.0 Å². The van der Waals surface area contributed by atoms with E-state index >= 15 is 0 Å². The van der Waals surface area contributed by atoms with Crippen LogP contribution in [0.15, 0.2) is 77.6 Å². The van der Waals surface area contributed by atoms with Crippen LogP contribution in [0, 0.1) is 0 Å². The van der Waals surface area contributed by atoms with Gasteiger partial charge >= 0.3 is 0 Å². The Bertz CT molecular complexity index is 1380. The number of amides is 1. The Kier molecular flexibility index (Phi) is 6.25. The van der Waals surface area contributed by atoms with Gasteiger partial charge in [0.2, 0.25) is 12.7 Å². The summed E-state index contributed by atoms with van der Waals surface area (Å²) in [5.74, 6) is 1.26. The minimum absolute atomic E-state index is 0.136. The first-order chi connectivity index (χ1) is 16.7. The molecule has 0 fully saturated rings. The molecule has 2 heterocycles. The average molecular weight is 456 g/mol. The van der Waals surface area contributed by atoms with Crippen LogP contribution in [-0.2, 0) is 30.7 Å². The van der Waals surface area contributed by atoms with Crippen molar-refractivity contribution in [1.29, 1.82) is 0 Å². The summed E-state index contributed by atoms with van der Waals surface area (Å²) in [7, 11) is 0. The summed E-state index contributed by atoms with van der Waals surface area (Å²) < 4.78 is 12.5. The van der Waals surface area contributed by atoms with E-state index < -0.39 is 0 Å². The molecule has 172 valence electrons. The Morgan fingerprint density at radius 3 is 2.59 bits per heavy atom. The Balaban J connectivity index is 1.27. The molecule has 34 heavy (non-hydrogen) atoms. The number of carbonyl (C=O) groups is 1. The minimum atomic E-state index is -0.141. The number of aryl methyl sites for hydroxylation is 3. The van der Waals surface area contributed by atoms with E-state index in [0.29, 0.717) is 30.3 Å². The second-order valence-electron chi connectivity index (χ2n) is 8.20. The van der Waals surface area contributed by atoms with Gasteiger partial charge in [-0.05, 0) is 41.8 Å². The van der Waals surface area contributed by atoms with E-state index in [4.69, 9.17) is 9.47 Å². The van der Waals surface area contributed by atoms with E-state index in [1.54, 1.807) is 4.57 Å². The SMILES string of the molecule is O=C(CCc1nc2ccccc2n(CCc2ccccc2)c1=O)NCc1ccc2c(c1)OCO2. The number of hydrogen-bond acceptors (Lipinski definition) is 5. The molecule has 3 aromatic carbocycles. The maximum Gasteiger partial charge on any atom is 0.272 e. The molecule has 0 bridgehead atoms. The van der Waals surface area contributed by atoms with Gasteiger partial charge in [0.15, 0.2) is 11.5 Å². The molecule has 0 unspecified atom stereocenters.